The average Bonchev–Trinajstić information content (AvgIpc) is 0.976. The molecule has 0 saturated carbocycles. The van der Waals surface area contributed by atoms with Crippen molar-refractivity contribution >= 4 is 82.6 Å². The molecule has 0 spiro atoms. The summed E-state index contributed by atoms with van der Waals surface area (Å²) in [6.07, 6.45) is 3.92. The molecule has 28 nitrogen and oxygen atoms in total. The van der Waals surface area contributed by atoms with Gasteiger partial charge in [0.05, 0.1) is 42.7 Å². The molecule has 2 aliphatic rings. The molecule has 0 aliphatic carbocycles. The van der Waals surface area contributed by atoms with Crippen LogP contribution in [0.4, 0.5) is 21.0 Å². The number of nitrogens with two attached hydrogens (primary N) is 1. The highest BCUT2D eigenvalue weighted by atomic mass is 16.5. The number of aliphatic carboxylic acids is 1. The second-order valence-electron chi connectivity index (χ2n) is 27.9. The van der Waals surface area contributed by atoms with E-state index in [4.69, 9.17) is 19.9 Å². The lowest BCUT2D eigenvalue weighted by molar-refractivity contribution is -0.148. The third-order valence-electron chi connectivity index (χ3n) is 19.0. The van der Waals surface area contributed by atoms with Crippen LogP contribution in [-0.4, -0.2) is 198 Å². The molecule has 0 bridgehead atoms. The number of primary amides is 1. The topological polar surface area (TPSA) is 376 Å². The van der Waals surface area contributed by atoms with Gasteiger partial charge >= 0.3 is 18.1 Å². The molecular weight excluding hydrogens is 1320 g/mol. The second-order valence-corrected chi connectivity index (χ2v) is 27.9. The fourth-order valence-electron chi connectivity index (χ4n) is 13.2. The number of benzene rings is 3. The van der Waals surface area contributed by atoms with Crippen LogP contribution < -0.4 is 43.0 Å². The number of nitrogens with zero attached hydrogens (tertiary/aromatic N) is 4. The summed E-state index contributed by atoms with van der Waals surface area (Å²) in [5.74, 6) is -6.90. The Morgan fingerprint density at radius 2 is 1.32 bits per heavy atom. The highest BCUT2D eigenvalue weighted by Gasteiger charge is 2.44. The zero-order valence-electron chi connectivity index (χ0n) is 62.0. The van der Waals surface area contributed by atoms with Gasteiger partial charge in [-0.1, -0.05) is 130 Å². The third kappa shape index (κ3) is 25.9. The Hall–Kier alpha value is -9.28. The molecule has 2 aliphatic heterocycles. The molecule has 1 saturated heterocycles. The lowest BCUT2D eigenvalue weighted by Gasteiger charge is -2.41. The number of methoxy groups -OCH3 is 2. The van der Waals surface area contributed by atoms with E-state index in [2.05, 4.69) is 37.2 Å². The van der Waals surface area contributed by atoms with Gasteiger partial charge in [-0.25, -0.2) is 14.4 Å². The monoisotopic (exact) mass is 1430 g/mol. The first kappa shape index (κ1) is 84.4. The molecule has 3 aromatic carbocycles. The molecule has 2 heterocycles. The zero-order valence-corrected chi connectivity index (χ0v) is 62.0. The van der Waals surface area contributed by atoms with Crippen LogP contribution in [0.2, 0.25) is 0 Å². The number of ether oxygens (including phenoxy) is 3. The zero-order chi connectivity index (χ0) is 76.2. The van der Waals surface area contributed by atoms with Crippen LogP contribution >= 0.6 is 0 Å². The van der Waals surface area contributed by atoms with Crippen molar-refractivity contribution in [2.45, 2.75) is 201 Å². The van der Waals surface area contributed by atoms with Gasteiger partial charge in [-0.05, 0) is 110 Å². The van der Waals surface area contributed by atoms with Gasteiger partial charge in [0.1, 0.15) is 30.8 Å². The molecule has 12 amide bonds. The maximum Gasteiger partial charge on any atom is 0.411 e. The summed E-state index contributed by atoms with van der Waals surface area (Å²) in [6, 6.07) is 15.8. The first-order chi connectivity index (χ1) is 48.9. The van der Waals surface area contributed by atoms with Gasteiger partial charge in [0.2, 0.25) is 41.4 Å². The number of anilines is 2. The van der Waals surface area contributed by atoms with Gasteiger partial charge < -0.3 is 66.8 Å². The van der Waals surface area contributed by atoms with Crippen LogP contribution in [0.5, 0.6) is 0 Å². The molecule has 10 N–H and O–H groups in total. The van der Waals surface area contributed by atoms with Crippen LogP contribution in [0.1, 0.15) is 143 Å². The molecule has 566 valence electrons. The first-order valence-electron chi connectivity index (χ1n) is 35.7. The van der Waals surface area contributed by atoms with Crippen molar-refractivity contribution in [2.24, 2.45) is 35.3 Å². The minimum atomic E-state index is -1.18. The number of amides is 12. The van der Waals surface area contributed by atoms with Gasteiger partial charge in [-0.3, -0.25) is 58.3 Å². The smallest absolute Gasteiger partial charge is 0.411 e. The van der Waals surface area contributed by atoms with Crippen molar-refractivity contribution < 1.29 is 76.9 Å². The standard InChI is InChI=1S/C75H110N12O16/c1-14-48(8)66(58(101-12)42-62(91)86-39-23-29-57(86)67(102-13)49(9)68(92)81-56(73(97)98)41-50-24-17-15-18-25-50)85(11)72(96)64(46(4)5)83-71(95)65(47(6)7)84(10)43-52-26-21-27-54(40-52)79-75(100)103-44-51-31-33-53(34-32-51)78-69(93)55(28-22-37-77-74(76)99)80-70(94)63(45(2)3)82-59(88)30-19-16-20-38-87-60(89)35-36-61(87)90/h15,17-18,21,24-27,31-36,40,45-49,55-58,63-67H,14,16,19-20,22-23,28-30,37-39,41-44H2,1-13H3,(H,78,93)(H,79,100)(H,80,94)(H,81,92)(H,82,88)(H,83,95)(H,97,98)(H3,76,77,99)/t48-,49+,55-,56-,57-,58+,63-,64-,65-,66-,67+/m0/s1. The van der Waals surface area contributed by atoms with Crippen LogP contribution in [0.3, 0.4) is 0 Å². The molecule has 103 heavy (non-hydrogen) atoms. The molecular formula is C75H110N12O16. The molecule has 11 atom stereocenters. The number of carbonyl (C=O) groups excluding carboxylic acids is 11. The van der Waals surface area contributed by atoms with Crippen molar-refractivity contribution in [3.05, 3.63) is 108 Å². The molecule has 0 unspecified atom stereocenters. The number of hydrogen-bond acceptors (Lipinski definition) is 16. The maximum absolute atomic E-state index is 14.9. The number of likely N-dealkylation sites (tertiary alicyclic amines) is 1. The average molecular weight is 1440 g/mol. The van der Waals surface area contributed by atoms with Crippen molar-refractivity contribution in [2.75, 3.05) is 58.6 Å². The highest BCUT2D eigenvalue weighted by Crippen LogP contribution is 2.31. The van der Waals surface area contributed by atoms with Gasteiger partial charge in [-0.2, -0.15) is 0 Å². The Morgan fingerprint density at radius 3 is 1.92 bits per heavy atom. The van der Waals surface area contributed by atoms with E-state index in [1.807, 2.05) is 58.6 Å². The Balaban J connectivity index is 1.15. The summed E-state index contributed by atoms with van der Waals surface area (Å²) >= 11 is 0. The number of imide groups is 1. The Bertz CT molecular complexity index is 3370. The van der Waals surface area contributed by atoms with Gasteiger partial charge in [0, 0.05) is 83.8 Å². The number of unbranched alkanes of at least 4 members (excludes halogenated alkanes) is 2. The number of urea groups is 1. The largest absolute Gasteiger partial charge is 0.480 e. The maximum atomic E-state index is 14.9. The molecule has 1 fully saturated rings. The predicted molar refractivity (Wildman–Crippen MR) is 388 cm³/mol. The van der Waals surface area contributed by atoms with Gasteiger partial charge in [-0.15, -0.1) is 0 Å². The summed E-state index contributed by atoms with van der Waals surface area (Å²) < 4.78 is 17.6. The number of carboxylic acids is 1. The Morgan fingerprint density at radius 1 is 0.670 bits per heavy atom. The molecule has 0 aromatic heterocycles. The minimum Gasteiger partial charge on any atom is -0.480 e. The summed E-state index contributed by atoms with van der Waals surface area (Å²) in [5, 5.41) is 29.4. The highest BCUT2D eigenvalue weighted by molar-refractivity contribution is 6.12. The van der Waals surface area contributed by atoms with Crippen LogP contribution in [-0.2, 0) is 81.7 Å². The number of nitrogens with one attached hydrogen (secondary N) is 7. The predicted octanol–water partition coefficient (Wildman–Crippen LogP) is 6.26. The van der Waals surface area contributed by atoms with E-state index in [9.17, 15) is 62.6 Å². The fourth-order valence-corrected chi connectivity index (χ4v) is 13.2. The number of rotatable bonds is 42. The number of likely N-dealkylation sites (N-methyl/N-ethyl adjacent to an activating group) is 2. The van der Waals surface area contributed by atoms with Gasteiger partial charge in [0.15, 0.2) is 0 Å². The van der Waals surface area contributed by atoms with E-state index < -0.39 is 96.2 Å². The number of hydrogen-bond donors (Lipinski definition) is 9. The van der Waals surface area contributed by atoms with Crippen LogP contribution in [0, 0.1) is 29.6 Å². The van der Waals surface area contributed by atoms with Gasteiger partial charge in [0.25, 0.3) is 11.8 Å². The molecule has 5 rings (SSSR count). The second kappa shape index (κ2) is 41.7. The lowest BCUT2D eigenvalue weighted by Crippen LogP contribution is -2.60. The van der Waals surface area contributed by atoms with Crippen molar-refractivity contribution in [1.82, 2.24) is 46.2 Å². The third-order valence-corrected chi connectivity index (χ3v) is 19.0. The SMILES string of the molecule is CC[C@H](C)[C@@H]([C@@H](CC(=O)N1CCC[C@H]1[C@H](OC)[C@@H](C)C(=O)N[C@@H](Cc1ccccc1)C(=O)O)OC)N(C)C(=O)[C@@H](NC(=O)[C@H](C(C)C)N(C)Cc1cccc(NC(=O)OCc2ccc(NC(=O)[C@H](CCCNC(N)=O)NC(=O)[C@@H](NC(=O)CCCCCN3C(=O)C=CC3=O)C(C)C)cc2)c1)C(C)C. The summed E-state index contributed by atoms with van der Waals surface area (Å²) in [5.41, 5.74) is 8.12. The molecule has 3 aromatic rings. The normalized spacial score (nSPS) is 16.6. The van der Waals surface area contributed by atoms with Crippen molar-refractivity contribution in [1.29, 1.82) is 0 Å². The summed E-state index contributed by atoms with van der Waals surface area (Å²) in [6.45, 7) is 17.6. The van der Waals surface area contributed by atoms with Crippen LogP contribution in [0.25, 0.3) is 0 Å². The Labute approximate surface area is 605 Å². The van der Waals surface area contributed by atoms with Crippen molar-refractivity contribution in [3.63, 3.8) is 0 Å². The van der Waals surface area contributed by atoms with Crippen LogP contribution in [0.15, 0.2) is 91.0 Å². The van der Waals surface area contributed by atoms with E-state index in [1.165, 1.54) is 26.4 Å². The summed E-state index contributed by atoms with van der Waals surface area (Å²) in [7, 11) is 6.45. The van der Waals surface area contributed by atoms with E-state index in [0.29, 0.717) is 62.0 Å². The fraction of sp³-hybridized carbons (Fsp3) is 0.573. The molecule has 28 heteroatoms. The molecule has 0 radical (unpaired) electrons. The van der Waals surface area contributed by atoms with E-state index in [0.717, 1.165) is 16.0 Å². The summed E-state index contributed by atoms with van der Waals surface area (Å²) in [4.78, 5) is 165. The number of carbonyl (C=O) groups is 12. The quantitative estimate of drug-likeness (QED) is 0.0223. The van der Waals surface area contributed by atoms with E-state index in [-0.39, 0.29) is 117 Å². The van der Waals surface area contributed by atoms with E-state index in [1.54, 1.807) is 111 Å². The Kier molecular flexibility index (Phi) is 34.2. The first-order valence-corrected chi connectivity index (χ1v) is 35.7. The number of carboxylic acid groups (broad SMARTS) is 1. The minimum absolute atomic E-state index is 0.0847. The van der Waals surface area contributed by atoms with Crippen molar-refractivity contribution in [3.8, 4) is 0 Å². The van der Waals surface area contributed by atoms with E-state index >= 15 is 0 Å². The lowest BCUT2D eigenvalue weighted by atomic mass is 9.89.